The zero-order chi connectivity index (χ0) is 12.1. The van der Waals surface area contributed by atoms with Crippen molar-refractivity contribution in [2.75, 3.05) is 0 Å². The molecule has 0 radical (unpaired) electrons. The average molecular weight is 231 g/mol. The quantitative estimate of drug-likeness (QED) is 0.600. The molecule has 2 rings (SSSR count). The van der Waals surface area contributed by atoms with Crippen molar-refractivity contribution in [3.63, 3.8) is 0 Å². The second-order valence-electron chi connectivity index (χ2n) is 3.89. The smallest absolute Gasteiger partial charge is 0.0894 e. The maximum absolute atomic E-state index is 5.64. The molecule has 1 aromatic heterocycles. The minimum Gasteiger partial charge on any atom is -0.271 e. The van der Waals surface area contributed by atoms with Crippen molar-refractivity contribution in [1.82, 2.24) is 20.4 Å². The first-order valence-corrected chi connectivity index (χ1v) is 5.76. The van der Waals surface area contributed by atoms with Gasteiger partial charge in [-0.3, -0.25) is 5.84 Å². The first-order chi connectivity index (χ1) is 8.36. The Labute approximate surface area is 101 Å². The van der Waals surface area contributed by atoms with E-state index in [0.29, 0.717) is 0 Å². The summed E-state index contributed by atoms with van der Waals surface area (Å²) in [5, 5.41) is 8.02. The predicted molar refractivity (Wildman–Crippen MR) is 65.9 cm³/mol. The van der Waals surface area contributed by atoms with E-state index in [-0.39, 0.29) is 6.04 Å². The number of hydrazine groups is 1. The minimum atomic E-state index is -0.0715. The van der Waals surface area contributed by atoms with E-state index in [1.54, 1.807) is 6.20 Å². The summed E-state index contributed by atoms with van der Waals surface area (Å²) in [6.45, 7) is 2.96. The molecule has 5 nitrogen and oxygen atoms in total. The van der Waals surface area contributed by atoms with E-state index in [9.17, 15) is 0 Å². The number of hydrogen-bond donors (Lipinski definition) is 2. The molecule has 90 valence electrons. The number of hydrogen-bond acceptors (Lipinski definition) is 4. The number of nitrogens with zero attached hydrogens (tertiary/aromatic N) is 3. The topological polar surface area (TPSA) is 68.8 Å². The van der Waals surface area contributed by atoms with Crippen LogP contribution in [0.2, 0.25) is 0 Å². The van der Waals surface area contributed by atoms with Crippen molar-refractivity contribution in [3.05, 3.63) is 47.8 Å². The van der Waals surface area contributed by atoms with Crippen LogP contribution in [0, 0.1) is 0 Å². The molecule has 0 fully saturated rings. The summed E-state index contributed by atoms with van der Waals surface area (Å²) >= 11 is 0. The lowest BCUT2D eigenvalue weighted by Gasteiger charge is -2.16. The third-order valence-electron chi connectivity index (χ3n) is 2.68. The van der Waals surface area contributed by atoms with E-state index in [1.165, 1.54) is 0 Å². The van der Waals surface area contributed by atoms with Gasteiger partial charge in [0.15, 0.2) is 0 Å². The molecule has 1 unspecified atom stereocenters. The van der Waals surface area contributed by atoms with E-state index in [4.69, 9.17) is 5.84 Å². The maximum Gasteiger partial charge on any atom is 0.0894 e. The highest BCUT2D eigenvalue weighted by atomic mass is 15.4. The fourth-order valence-electron chi connectivity index (χ4n) is 1.87. The normalized spacial score (nSPS) is 12.6. The summed E-state index contributed by atoms with van der Waals surface area (Å²) in [5.41, 5.74) is 4.91. The molecular weight excluding hydrogens is 214 g/mol. The highest BCUT2D eigenvalue weighted by molar-refractivity contribution is 5.26. The van der Waals surface area contributed by atoms with Gasteiger partial charge in [0.1, 0.15) is 0 Å². The molecule has 5 heteroatoms. The lowest BCUT2D eigenvalue weighted by Crippen LogP contribution is -2.30. The van der Waals surface area contributed by atoms with Crippen LogP contribution in [0.5, 0.6) is 0 Å². The SMILES string of the molecule is CCCn1nncc1C(NN)c1ccccc1. The Morgan fingerprint density at radius 1 is 1.35 bits per heavy atom. The van der Waals surface area contributed by atoms with Crippen LogP contribution in [0.4, 0.5) is 0 Å². The molecule has 0 bridgehead atoms. The summed E-state index contributed by atoms with van der Waals surface area (Å²) in [6, 6.07) is 9.97. The number of benzene rings is 1. The molecule has 1 heterocycles. The number of aromatic nitrogens is 3. The van der Waals surface area contributed by atoms with Gasteiger partial charge in [-0.05, 0) is 12.0 Å². The second kappa shape index (κ2) is 5.56. The predicted octanol–water partition coefficient (Wildman–Crippen LogP) is 1.24. The van der Waals surface area contributed by atoms with Crippen LogP contribution in [0.15, 0.2) is 36.5 Å². The zero-order valence-electron chi connectivity index (χ0n) is 9.87. The Morgan fingerprint density at radius 3 is 2.76 bits per heavy atom. The summed E-state index contributed by atoms with van der Waals surface area (Å²) < 4.78 is 1.89. The highest BCUT2D eigenvalue weighted by Crippen LogP contribution is 2.20. The first kappa shape index (κ1) is 11.8. The van der Waals surface area contributed by atoms with Crippen LogP contribution in [0.3, 0.4) is 0 Å². The molecule has 0 aliphatic rings. The Kier molecular flexibility index (Phi) is 3.85. The van der Waals surface area contributed by atoms with Crippen LogP contribution in [0.1, 0.15) is 30.6 Å². The Morgan fingerprint density at radius 2 is 2.12 bits per heavy atom. The summed E-state index contributed by atoms with van der Waals surface area (Å²) in [4.78, 5) is 0. The van der Waals surface area contributed by atoms with E-state index < -0.39 is 0 Å². The van der Waals surface area contributed by atoms with Gasteiger partial charge in [-0.1, -0.05) is 42.5 Å². The van der Waals surface area contributed by atoms with E-state index in [2.05, 4.69) is 22.7 Å². The van der Waals surface area contributed by atoms with Crippen LogP contribution in [-0.4, -0.2) is 15.0 Å². The van der Waals surface area contributed by atoms with Gasteiger partial charge in [-0.2, -0.15) is 0 Å². The maximum atomic E-state index is 5.64. The summed E-state index contributed by atoms with van der Waals surface area (Å²) in [6.07, 6.45) is 2.77. The monoisotopic (exact) mass is 231 g/mol. The van der Waals surface area contributed by atoms with Crippen molar-refractivity contribution in [2.45, 2.75) is 25.9 Å². The Bertz CT molecular complexity index is 451. The third kappa shape index (κ3) is 2.51. The summed E-state index contributed by atoms with van der Waals surface area (Å²) in [5.74, 6) is 5.64. The van der Waals surface area contributed by atoms with Gasteiger partial charge in [0, 0.05) is 6.54 Å². The van der Waals surface area contributed by atoms with Gasteiger partial charge >= 0.3 is 0 Å². The molecule has 2 aromatic rings. The molecule has 1 aromatic carbocycles. The Hall–Kier alpha value is -1.72. The largest absolute Gasteiger partial charge is 0.271 e. The minimum absolute atomic E-state index is 0.0715. The van der Waals surface area contributed by atoms with Gasteiger partial charge < -0.3 is 0 Å². The molecular formula is C12H17N5. The second-order valence-corrected chi connectivity index (χ2v) is 3.89. The van der Waals surface area contributed by atoms with E-state index in [0.717, 1.165) is 24.2 Å². The molecule has 0 spiro atoms. The number of aryl methyl sites for hydroxylation is 1. The van der Waals surface area contributed by atoms with Crippen molar-refractivity contribution < 1.29 is 0 Å². The van der Waals surface area contributed by atoms with Crippen molar-refractivity contribution in [3.8, 4) is 0 Å². The van der Waals surface area contributed by atoms with Gasteiger partial charge in [0.2, 0.25) is 0 Å². The van der Waals surface area contributed by atoms with Gasteiger partial charge in [0.25, 0.3) is 0 Å². The highest BCUT2D eigenvalue weighted by Gasteiger charge is 2.17. The van der Waals surface area contributed by atoms with Crippen molar-refractivity contribution in [2.24, 2.45) is 5.84 Å². The Balaban J connectivity index is 2.32. The molecule has 0 aliphatic carbocycles. The lowest BCUT2D eigenvalue weighted by atomic mass is 10.1. The average Bonchev–Trinajstić information content (AvgIpc) is 2.81. The first-order valence-electron chi connectivity index (χ1n) is 5.76. The third-order valence-corrected chi connectivity index (χ3v) is 2.68. The van der Waals surface area contributed by atoms with Crippen LogP contribution >= 0.6 is 0 Å². The molecule has 3 N–H and O–H groups in total. The van der Waals surface area contributed by atoms with Gasteiger partial charge in [-0.25, -0.2) is 10.1 Å². The summed E-state index contributed by atoms with van der Waals surface area (Å²) in [7, 11) is 0. The fraction of sp³-hybridized carbons (Fsp3) is 0.333. The van der Waals surface area contributed by atoms with Crippen LogP contribution in [-0.2, 0) is 6.54 Å². The van der Waals surface area contributed by atoms with Crippen molar-refractivity contribution >= 4 is 0 Å². The molecule has 0 aliphatic heterocycles. The van der Waals surface area contributed by atoms with E-state index in [1.807, 2.05) is 35.0 Å². The molecule has 17 heavy (non-hydrogen) atoms. The molecule has 0 amide bonds. The standard InChI is InChI=1S/C12H17N5/c1-2-8-17-11(9-14-16-17)12(15-13)10-6-4-3-5-7-10/h3-7,9,12,15H,2,8,13H2,1H3. The van der Waals surface area contributed by atoms with Gasteiger partial charge in [-0.15, -0.1) is 5.10 Å². The number of rotatable bonds is 5. The van der Waals surface area contributed by atoms with Gasteiger partial charge in [0.05, 0.1) is 17.9 Å². The molecule has 0 saturated carbocycles. The van der Waals surface area contributed by atoms with Crippen LogP contribution < -0.4 is 11.3 Å². The fourth-order valence-corrected chi connectivity index (χ4v) is 1.87. The zero-order valence-corrected chi connectivity index (χ0v) is 9.87. The number of nitrogens with one attached hydrogen (secondary N) is 1. The molecule has 1 atom stereocenters. The van der Waals surface area contributed by atoms with Crippen molar-refractivity contribution in [1.29, 1.82) is 0 Å². The van der Waals surface area contributed by atoms with E-state index >= 15 is 0 Å². The molecule has 0 saturated heterocycles. The number of nitrogens with two attached hydrogens (primary N) is 1. The lowest BCUT2D eigenvalue weighted by molar-refractivity contribution is 0.512. The van der Waals surface area contributed by atoms with Crippen LogP contribution in [0.25, 0.3) is 0 Å².